The number of halogens is 1. The average Bonchev–Trinajstić information content (AvgIpc) is 2.59. The van der Waals surface area contributed by atoms with E-state index in [0.29, 0.717) is 10.8 Å². The average molecular weight is 212 g/mol. The lowest BCUT2D eigenvalue weighted by molar-refractivity contribution is 0.264. The van der Waals surface area contributed by atoms with Crippen LogP contribution in [0.1, 0.15) is 11.9 Å². The van der Waals surface area contributed by atoms with Crippen molar-refractivity contribution in [2.45, 2.75) is 6.04 Å². The predicted molar refractivity (Wildman–Crippen MR) is 55.1 cm³/mol. The molecule has 74 valence electrons. The standard InChI is InChI=1S/C9H10ClN3O/c10-5-1-2-7-8(3-5)13-9(12-7)6(11)4-14/h1-3,6,14H,4,11H2,(H,12,13)/t6-/m1/s1. The number of nitrogens with one attached hydrogen (secondary N) is 1. The minimum Gasteiger partial charge on any atom is -0.394 e. The Morgan fingerprint density at radius 3 is 3.07 bits per heavy atom. The summed E-state index contributed by atoms with van der Waals surface area (Å²) in [5.41, 5.74) is 7.25. The summed E-state index contributed by atoms with van der Waals surface area (Å²) < 4.78 is 0. The highest BCUT2D eigenvalue weighted by atomic mass is 35.5. The van der Waals surface area contributed by atoms with Crippen molar-refractivity contribution in [3.05, 3.63) is 29.0 Å². The lowest BCUT2D eigenvalue weighted by atomic mass is 10.3. The van der Waals surface area contributed by atoms with Gasteiger partial charge in [0.1, 0.15) is 5.82 Å². The SMILES string of the molecule is N[C@H](CO)c1nc2ccc(Cl)cc2[nH]1. The maximum Gasteiger partial charge on any atom is 0.126 e. The van der Waals surface area contributed by atoms with Crippen LogP contribution < -0.4 is 5.73 Å². The van der Waals surface area contributed by atoms with Gasteiger partial charge in [-0.1, -0.05) is 11.6 Å². The highest BCUT2D eigenvalue weighted by Gasteiger charge is 2.09. The van der Waals surface area contributed by atoms with Crippen molar-refractivity contribution in [2.24, 2.45) is 5.73 Å². The number of hydrogen-bond acceptors (Lipinski definition) is 3. The molecule has 4 N–H and O–H groups in total. The molecular weight excluding hydrogens is 202 g/mol. The minimum absolute atomic E-state index is 0.131. The van der Waals surface area contributed by atoms with Crippen LogP contribution in [0.5, 0.6) is 0 Å². The van der Waals surface area contributed by atoms with E-state index in [-0.39, 0.29) is 6.61 Å². The van der Waals surface area contributed by atoms with Gasteiger partial charge in [-0.2, -0.15) is 0 Å². The summed E-state index contributed by atoms with van der Waals surface area (Å²) in [4.78, 5) is 7.23. The van der Waals surface area contributed by atoms with Crippen LogP contribution in [0.3, 0.4) is 0 Å². The van der Waals surface area contributed by atoms with Crippen LogP contribution in [0.25, 0.3) is 11.0 Å². The molecule has 2 rings (SSSR count). The molecular formula is C9H10ClN3O. The van der Waals surface area contributed by atoms with E-state index in [0.717, 1.165) is 11.0 Å². The van der Waals surface area contributed by atoms with Gasteiger partial charge in [-0.25, -0.2) is 4.98 Å². The normalized spacial score (nSPS) is 13.4. The van der Waals surface area contributed by atoms with Crippen molar-refractivity contribution in [3.63, 3.8) is 0 Å². The summed E-state index contributed by atoms with van der Waals surface area (Å²) in [6.45, 7) is -0.131. The Morgan fingerprint density at radius 1 is 1.57 bits per heavy atom. The second-order valence-corrected chi connectivity index (χ2v) is 3.51. The Labute approximate surface area is 85.7 Å². The third-order valence-electron chi connectivity index (χ3n) is 2.01. The molecule has 0 aliphatic rings. The molecule has 0 radical (unpaired) electrons. The van der Waals surface area contributed by atoms with E-state index in [2.05, 4.69) is 9.97 Å². The molecule has 4 nitrogen and oxygen atoms in total. The largest absolute Gasteiger partial charge is 0.394 e. The number of benzene rings is 1. The van der Waals surface area contributed by atoms with Gasteiger partial charge in [-0.15, -0.1) is 0 Å². The molecule has 5 heteroatoms. The molecule has 0 saturated carbocycles. The molecule has 2 aromatic rings. The number of imidazole rings is 1. The van der Waals surface area contributed by atoms with Gasteiger partial charge < -0.3 is 15.8 Å². The summed E-state index contributed by atoms with van der Waals surface area (Å²) >= 11 is 5.81. The summed E-state index contributed by atoms with van der Waals surface area (Å²) in [5, 5.41) is 9.50. The second kappa shape index (κ2) is 3.57. The van der Waals surface area contributed by atoms with Crippen LogP contribution in [0.15, 0.2) is 18.2 Å². The molecule has 1 atom stereocenters. The quantitative estimate of drug-likeness (QED) is 0.699. The first-order valence-electron chi connectivity index (χ1n) is 4.22. The van der Waals surface area contributed by atoms with Gasteiger partial charge >= 0.3 is 0 Å². The number of rotatable bonds is 2. The highest BCUT2D eigenvalue weighted by Crippen LogP contribution is 2.18. The van der Waals surface area contributed by atoms with Gasteiger partial charge in [0.2, 0.25) is 0 Å². The molecule has 0 saturated heterocycles. The minimum atomic E-state index is -0.471. The van der Waals surface area contributed by atoms with Crippen LogP contribution in [-0.2, 0) is 0 Å². The van der Waals surface area contributed by atoms with Crippen molar-refractivity contribution in [2.75, 3.05) is 6.61 Å². The van der Waals surface area contributed by atoms with E-state index in [1.54, 1.807) is 12.1 Å². The van der Waals surface area contributed by atoms with E-state index in [9.17, 15) is 0 Å². The highest BCUT2D eigenvalue weighted by molar-refractivity contribution is 6.31. The van der Waals surface area contributed by atoms with Gasteiger partial charge in [0, 0.05) is 5.02 Å². The molecule has 0 bridgehead atoms. The summed E-state index contributed by atoms with van der Waals surface area (Å²) in [7, 11) is 0. The van der Waals surface area contributed by atoms with Gasteiger partial charge in [-0.3, -0.25) is 0 Å². The monoisotopic (exact) mass is 211 g/mol. The molecule has 0 fully saturated rings. The Morgan fingerprint density at radius 2 is 2.36 bits per heavy atom. The third-order valence-corrected chi connectivity index (χ3v) is 2.25. The first-order chi connectivity index (χ1) is 6.70. The predicted octanol–water partition coefficient (Wildman–Crippen LogP) is 1.21. The van der Waals surface area contributed by atoms with Crippen molar-refractivity contribution in [3.8, 4) is 0 Å². The Balaban J connectivity index is 2.51. The fraction of sp³-hybridized carbons (Fsp3) is 0.222. The van der Waals surface area contributed by atoms with Crippen molar-refractivity contribution in [1.82, 2.24) is 9.97 Å². The zero-order chi connectivity index (χ0) is 10.1. The lowest BCUT2D eigenvalue weighted by Crippen LogP contribution is -2.15. The molecule has 0 aliphatic heterocycles. The number of nitrogens with two attached hydrogens (primary N) is 1. The Hall–Kier alpha value is -1.10. The van der Waals surface area contributed by atoms with E-state index < -0.39 is 6.04 Å². The number of aromatic nitrogens is 2. The van der Waals surface area contributed by atoms with Crippen LogP contribution in [0.4, 0.5) is 0 Å². The van der Waals surface area contributed by atoms with Gasteiger partial charge in [0.15, 0.2) is 0 Å². The number of aliphatic hydroxyl groups is 1. The number of nitrogens with zero attached hydrogens (tertiary/aromatic N) is 1. The molecule has 0 amide bonds. The zero-order valence-electron chi connectivity index (χ0n) is 7.37. The number of aliphatic hydroxyl groups excluding tert-OH is 1. The molecule has 1 heterocycles. The van der Waals surface area contributed by atoms with Crippen molar-refractivity contribution >= 4 is 22.6 Å². The Bertz CT molecular complexity index is 454. The molecule has 0 unspecified atom stereocenters. The molecule has 1 aromatic heterocycles. The molecule has 0 aliphatic carbocycles. The maximum absolute atomic E-state index is 8.86. The number of hydrogen-bond donors (Lipinski definition) is 3. The van der Waals surface area contributed by atoms with E-state index in [1.807, 2.05) is 6.07 Å². The van der Waals surface area contributed by atoms with E-state index in [4.69, 9.17) is 22.4 Å². The topological polar surface area (TPSA) is 74.9 Å². The summed E-state index contributed by atoms with van der Waals surface area (Å²) in [6.07, 6.45) is 0. The molecule has 0 spiro atoms. The van der Waals surface area contributed by atoms with Crippen LogP contribution in [0, 0.1) is 0 Å². The third kappa shape index (κ3) is 1.59. The number of H-pyrrole nitrogens is 1. The van der Waals surface area contributed by atoms with Crippen LogP contribution in [0.2, 0.25) is 5.02 Å². The Kier molecular flexibility index (Phi) is 2.41. The van der Waals surface area contributed by atoms with Crippen LogP contribution in [-0.4, -0.2) is 21.7 Å². The van der Waals surface area contributed by atoms with Gasteiger partial charge in [0.05, 0.1) is 23.7 Å². The van der Waals surface area contributed by atoms with Gasteiger partial charge in [-0.05, 0) is 18.2 Å². The van der Waals surface area contributed by atoms with Crippen LogP contribution >= 0.6 is 11.6 Å². The second-order valence-electron chi connectivity index (χ2n) is 3.07. The first-order valence-corrected chi connectivity index (χ1v) is 4.60. The van der Waals surface area contributed by atoms with E-state index in [1.165, 1.54) is 0 Å². The zero-order valence-corrected chi connectivity index (χ0v) is 8.12. The molecule has 14 heavy (non-hydrogen) atoms. The molecule has 1 aromatic carbocycles. The smallest absolute Gasteiger partial charge is 0.126 e. The number of fused-ring (bicyclic) bond motifs is 1. The fourth-order valence-electron chi connectivity index (χ4n) is 1.26. The van der Waals surface area contributed by atoms with E-state index >= 15 is 0 Å². The first kappa shape index (κ1) is 9.45. The fourth-order valence-corrected chi connectivity index (χ4v) is 1.44. The maximum atomic E-state index is 8.86. The lowest BCUT2D eigenvalue weighted by Gasteiger charge is -2.01. The summed E-state index contributed by atoms with van der Waals surface area (Å²) in [5.74, 6) is 0.574. The van der Waals surface area contributed by atoms with Crippen molar-refractivity contribution in [1.29, 1.82) is 0 Å². The summed E-state index contributed by atoms with van der Waals surface area (Å²) in [6, 6.07) is 4.87. The van der Waals surface area contributed by atoms with Gasteiger partial charge in [0.25, 0.3) is 0 Å². The number of aromatic amines is 1. The van der Waals surface area contributed by atoms with Crippen molar-refractivity contribution < 1.29 is 5.11 Å².